The van der Waals surface area contributed by atoms with Crippen LogP contribution in [0.4, 0.5) is 9.59 Å². The number of carbonyl (C=O) groups is 2. The van der Waals surface area contributed by atoms with Gasteiger partial charge in [-0.15, -0.1) is 0 Å². The number of carbonyl (C=O) groups excluding carboxylic acids is 2. The van der Waals surface area contributed by atoms with Crippen molar-refractivity contribution in [1.82, 2.24) is 4.90 Å². The Labute approximate surface area is 94.4 Å². The molecule has 6 heteroatoms. The number of hydrogen-bond acceptors (Lipinski definition) is 5. The van der Waals surface area contributed by atoms with Crippen molar-refractivity contribution in [3.05, 3.63) is 0 Å². The molecule has 1 saturated heterocycles. The summed E-state index contributed by atoms with van der Waals surface area (Å²) in [5, 5.41) is 0. The van der Waals surface area contributed by atoms with Gasteiger partial charge in [-0.25, -0.2) is 9.59 Å². The third-order valence-corrected chi connectivity index (χ3v) is 2.02. The Morgan fingerprint density at radius 1 is 1.56 bits per heavy atom. The summed E-state index contributed by atoms with van der Waals surface area (Å²) in [4.78, 5) is 23.6. The Hall–Kier alpha value is -1.46. The van der Waals surface area contributed by atoms with E-state index in [2.05, 4.69) is 0 Å². The lowest BCUT2D eigenvalue weighted by Gasteiger charge is -2.20. The zero-order valence-electron chi connectivity index (χ0n) is 9.98. The second-order valence-corrected chi connectivity index (χ2v) is 4.62. The molecule has 0 radical (unpaired) electrons. The van der Waals surface area contributed by atoms with E-state index >= 15 is 0 Å². The molecule has 0 bridgehead atoms. The topological polar surface area (TPSA) is 65.1 Å². The van der Waals surface area contributed by atoms with Gasteiger partial charge in [0, 0.05) is 7.05 Å². The van der Waals surface area contributed by atoms with Crippen molar-refractivity contribution in [2.75, 3.05) is 20.3 Å². The van der Waals surface area contributed by atoms with Crippen LogP contribution in [0.3, 0.4) is 0 Å². The lowest BCUT2D eigenvalue weighted by molar-refractivity contribution is -0.0133. The Bertz CT molecular complexity index is 283. The van der Waals surface area contributed by atoms with Gasteiger partial charge in [0.1, 0.15) is 24.9 Å². The first-order valence-electron chi connectivity index (χ1n) is 5.05. The molecule has 1 fully saturated rings. The Morgan fingerprint density at radius 2 is 2.19 bits per heavy atom. The van der Waals surface area contributed by atoms with Gasteiger partial charge in [0.15, 0.2) is 0 Å². The van der Waals surface area contributed by atoms with Gasteiger partial charge in [-0.05, 0) is 20.8 Å². The van der Waals surface area contributed by atoms with Crippen molar-refractivity contribution in [2.24, 2.45) is 0 Å². The van der Waals surface area contributed by atoms with Gasteiger partial charge >= 0.3 is 12.2 Å². The SMILES string of the molecule is CN1C(=O)OC[C@H]1COC(=O)OC(C)(C)C. The van der Waals surface area contributed by atoms with Crippen molar-refractivity contribution in [3.8, 4) is 0 Å². The number of cyclic esters (lactones) is 1. The molecule has 0 N–H and O–H groups in total. The molecule has 1 rings (SSSR count). The number of amides is 1. The Balaban J connectivity index is 2.30. The zero-order chi connectivity index (χ0) is 12.3. The molecule has 1 heterocycles. The summed E-state index contributed by atoms with van der Waals surface area (Å²) in [6.07, 6.45) is -1.14. The number of ether oxygens (including phenoxy) is 3. The molecule has 0 aromatic rings. The average Bonchev–Trinajstić information content (AvgIpc) is 2.42. The molecule has 1 aliphatic heterocycles. The van der Waals surface area contributed by atoms with Gasteiger partial charge in [-0.2, -0.15) is 0 Å². The lowest BCUT2D eigenvalue weighted by Crippen LogP contribution is -2.35. The molecular formula is C10H17NO5. The number of rotatable bonds is 2. The van der Waals surface area contributed by atoms with Crippen LogP contribution < -0.4 is 0 Å². The monoisotopic (exact) mass is 231 g/mol. The number of hydrogen-bond donors (Lipinski definition) is 0. The van der Waals surface area contributed by atoms with E-state index in [9.17, 15) is 9.59 Å². The van der Waals surface area contributed by atoms with Crippen LogP contribution in [0.2, 0.25) is 0 Å². The van der Waals surface area contributed by atoms with Gasteiger partial charge in [-0.1, -0.05) is 0 Å². The molecule has 16 heavy (non-hydrogen) atoms. The van der Waals surface area contributed by atoms with E-state index in [1.807, 2.05) is 0 Å². The highest BCUT2D eigenvalue weighted by atomic mass is 16.7. The van der Waals surface area contributed by atoms with Gasteiger partial charge in [0.2, 0.25) is 0 Å². The number of likely N-dealkylation sites (N-methyl/N-ethyl adjacent to an activating group) is 1. The predicted octanol–water partition coefficient (Wildman–Crippen LogP) is 1.39. The van der Waals surface area contributed by atoms with E-state index in [0.717, 1.165) is 0 Å². The minimum absolute atomic E-state index is 0.0805. The van der Waals surface area contributed by atoms with Crippen LogP contribution >= 0.6 is 0 Å². The van der Waals surface area contributed by atoms with E-state index in [1.54, 1.807) is 27.8 Å². The molecule has 1 atom stereocenters. The highest BCUT2D eigenvalue weighted by molar-refractivity contribution is 5.69. The van der Waals surface area contributed by atoms with Gasteiger partial charge in [0.25, 0.3) is 0 Å². The van der Waals surface area contributed by atoms with Crippen molar-refractivity contribution in [1.29, 1.82) is 0 Å². The fourth-order valence-electron chi connectivity index (χ4n) is 1.13. The summed E-state index contributed by atoms with van der Waals surface area (Å²) in [5.74, 6) is 0. The molecular weight excluding hydrogens is 214 g/mol. The minimum Gasteiger partial charge on any atom is -0.447 e. The van der Waals surface area contributed by atoms with Crippen LogP contribution in [0.15, 0.2) is 0 Å². The standard InChI is InChI=1S/C10H17NO5/c1-10(2,3)16-9(13)15-6-7-5-14-8(12)11(7)4/h7H,5-6H2,1-4H3/t7-/m0/s1. The maximum absolute atomic E-state index is 11.2. The lowest BCUT2D eigenvalue weighted by atomic mass is 10.2. The van der Waals surface area contributed by atoms with Gasteiger partial charge in [0.05, 0.1) is 0 Å². The van der Waals surface area contributed by atoms with Crippen molar-refractivity contribution in [3.63, 3.8) is 0 Å². The first kappa shape index (κ1) is 12.6. The van der Waals surface area contributed by atoms with E-state index in [-0.39, 0.29) is 19.3 Å². The Morgan fingerprint density at radius 3 is 2.62 bits per heavy atom. The van der Waals surface area contributed by atoms with Crippen LogP contribution in [-0.4, -0.2) is 49.1 Å². The van der Waals surface area contributed by atoms with Crippen LogP contribution in [0.1, 0.15) is 20.8 Å². The summed E-state index contributed by atoms with van der Waals surface area (Å²) in [6, 6.07) is -0.236. The Kier molecular flexibility index (Phi) is 3.62. The summed E-state index contributed by atoms with van der Waals surface area (Å²) < 4.78 is 14.6. The summed E-state index contributed by atoms with van der Waals surface area (Å²) >= 11 is 0. The van der Waals surface area contributed by atoms with Crippen LogP contribution in [0.25, 0.3) is 0 Å². The molecule has 92 valence electrons. The molecule has 0 unspecified atom stereocenters. The fraction of sp³-hybridized carbons (Fsp3) is 0.800. The first-order chi connectivity index (χ1) is 7.29. The van der Waals surface area contributed by atoms with E-state index in [0.29, 0.717) is 0 Å². The fourth-order valence-corrected chi connectivity index (χ4v) is 1.13. The van der Waals surface area contributed by atoms with Gasteiger partial charge in [-0.3, -0.25) is 0 Å². The van der Waals surface area contributed by atoms with Crippen molar-refractivity contribution in [2.45, 2.75) is 32.4 Å². The van der Waals surface area contributed by atoms with E-state index < -0.39 is 17.8 Å². The molecule has 1 amide bonds. The minimum atomic E-state index is -0.736. The summed E-state index contributed by atoms with van der Waals surface area (Å²) in [6.45, 7) is 5.57. The van der Waals surface area contributed by atoms with Crippen LogP contribution in [0, 0.1) is 0 Å². The third kappa shape index (κ3) is 3.60. The summed E-state index contributed by atoms with van der Waals surface area (Å²) in [7, 11) is 1.60. The number of nitrogens with zero attached hydrogens (tertiary/aromatic N) is 1. The molecule has 1 aliphatic rings. The van der Waals surface area contributed by atoms with Gasteiger partial charge < -0.3 is 19.1 Å². The smallest absolute Gasteiger partial charge is 0.447 e. The summed E-state index contributed by atoms with van der Waals surface area (Å²) in [5.41, 5.74) is -0.578. The van der Waals surface area contributed by atoms with Crippen LogP contribution in [-0.2, 0) is 14.2 Å². The highest BCUT2D eigenvalue weighted by Crippen LogP contribution is 2.12. The van der Waals surface area contributed by atoms with Crippen molar-refractivity contribution < 1.29 is 23.8 Å². The normalized spacial score (nSPS) is 20.6. The average molecular weight is 231 g/mol. The first-order valence-corrected chi connectivity index (χ1v) is 5.05. The molecule has 0 aromatic heterocycles. The molecule has 6 nitrogen and oxygen atoms in total. The molecule has 0 aliphatic carbocycles. The largest absolute Gasteiger partial charge is 0.508 e. The molecule has 0 aromatic carbocycles. The van der Waals surface area contributed by atoms with E-state index in [1.165, 1.54) is 4.90 Å². The third-order valence-electron chi connectivity index (χ3n) is 2.02. The molecule has 0 saturated carbocycles. The molecule has 0 spiro atoms. The zero-order valence-corrected chi connectivity index (χ0v) is 9.98. The van der Waals surface area contributed by atoms with Crippen molar-refractivity contribution >= 4 is 12.2 Å². The second-order valence-electron chi connectivity index (χ2n) is 4.62. The highest BCUT2D eigenvalue weighted by Gasteiger charge is 2.31. The van der Waals surface area contributed by atoms with Crippen LogP contribution in [0.5, 0.6) is 0 Å². The maximum atomic E-state index is 11.2. The predicted molar refractivity (Wildman–Crippen MR) is 55.1 cm³/mol. The quantitative estimate of drug-likeness (QED) is 0.672. The van der Waals surface area contributed by atoms with E-state index in [4.69, 9.17) is 14.2 Å². The maximum Gasteiger partial charge on any atom is 0.508 e. The second kappa shape index (κ2) is 4.59.